The molecule has 0 aliphatic rings. The normalized spacial score (nSPS) is 13.2. The van der Waals surface area contributed by atoms with E-state index in [9.17, 15) is 0 Å². The predicted molar refractivity (Wildman–Crippen MR) is 56.5 cm³/mol. The zero-order valence-electron chi connectivity index (χ0n) is 8.33. The Kier molecular flexibility index (Phi) is 3.93. The van der Waals surface area contributed by atoms with Crippen LogP contribution in [0.25, 0.3) is 0 Å². The van der Waals surface area contributed by atoms with Crippen LogP contribution in [0.4, 0.5) is 0 Å². The molecule has 72 valence electrons. The lowest BCUT2D eigenvalue weighted by Gasteiger charge is -2.19. The summed E-state index contributed by atoms with van der Waals surface area (Å²) in [7, 11) is 0. The SMILES string of the molecule is CC(C)NC(CN)c1ccccc1. The molecule has 0 aromatic heterocycles. The van der Waals surface area contributed by atoms with Gasteiger partial charge in [0.1, 0.15) is 0 Å². The van der Waals surface area contributed by atoms with Crippen LogP contribution in [0.5, 0.6) is 0 Å². The lowest BCUT2D eigenvalue weighted by atomic mass is 10.1. The fraction of sp³-hybridized carbons (Fsp3) is 0.455. The largest absolute Gasteiger partial charge is 0.329 e. The van der Waals surface area contributed by atoms with Crippen LogP contribution in [0.3, 0.4) is 0 Å². The third-order valence-corrected chi connectivity index (χ3v) is 1.97. The first-order valence-electron chi connectivity index (χ1n) is 4.75. The highest BCUT2D eigenvalue weighted by Gasteiger charge is 2.08. The average Bonchev–Trinajstić information content (AvgIpc) is 2.15. The Morgan fingerprint density at radius 2 is 1.85 bits per heavy atom. The summed E-state index contributed by atoms with van der Waals surface area (Å²) in [5, 5.41) is 3.42. The molecular weight excluding hydrogens is 160 g/mol. The van der Waals surface area contributed by atoms with Crippen LogP contribution in [-0.2, 0) is 0 Å². The van der Waals surface area contributed by atoms with Gasteiger partial charge in [-0.25, -0.2) is 0 Å². The minimum atomic E-state index is 0.279. The molecule has 0 saturated heterocycles. The van der Waals surface area contributed by atoms with E-state index in [1.165, 1.54) is 5.56 Å². The molecule has 13 heavy (non-hydrogen) atoms. The van der Waals surface area contributed by atoms with E-state index in [-0.39, 0.29) is 6.04 Å². The average molecular weight is 178 g/mol. The van der Waals surface area contributed by atoms with Gasteiger partial charge in [0.25, 0.3) is 0 Å². The molecule has 2 nitrogen and oxygen atoms in total. The van der Waals surface area contributed by atoms with Crippen molar-refractivity contribution in [2.45, 2.75) is 25.9 Å². The van der Waals surface area contributed by atoms with E-state index in [1.54, 1.807) is 0 Å². The number of rotatable bonds is 4. The Balaban J connectivity index is 2.67. The first-order valence-corrected chi connectivity index (χ1v) is 4.75. The predicted octanol–water partition coefficient (Wildman–Crippen LogP) is 1.68. The van der Waals surface area contributed by atoms with Crippen LogP contribution >= 0.6 is 0 Å². The zero-order valence-corrected chi connectivity index (χ0v) is 8.33. The molecule has 0 heterocycles. The summed E-state index contributed by atoms with van der Waals surface area (Å²) in [6, 6.07) is 11.1. The van der Waals surface area contributed by atoms with Crippen LogP contribution in [-0.4, -0.2) is 12.6 Å². The smallest absolute Gasteiger partial charge is 0.0446 e. The fourth-order valence-corrected chi connectivity index (χ4v) is 1.39. The van der Waals surface area contributed by atoms with Gasteiger partial charge in [0.2, 0.25) is 0 Å². The highest BCUT2D eigenvalue weighted by Crippen LogP contribution is 2.11. The molecular formula is C11H18N2. The molecule has 0 fully saturated rings. The van der Waals surface area contributed by atoms with Gasteiger partial charge in [-0.2, -0.15) is 0 Å². The Morgan fingerprint density at radius 3 is 2.31 bits per heavy atom. The maximum Gasteiger partial charge on any atom is 0.0446 e. The number of nitrogens with one attached hydrogen (secondary N) is 1. The second-order valence-electron chi connectivity index (χ2n) is 3.52. The van der Waals surface area contributed by atoms with E-state index < -0.39 is 0 Å². The van der Waals surface area contributed by atoms with Gasteiger partial charge in [0.15, 0.2) is 0 Å². The molecule has 1 unspecified atom stereocenters. The summed E-state index contributed by atoms with van der Waals surface area (Å²) in [5.41, 5.74) is 6.95. The maximum absolute atomic E-state index is 5.69. The Morgan fingerprint density at radius 1 is 1.23 bits per heavy atom. The van der Waals surface area contributed by atoms with Gasteiger partial charge in [-0.1, -0.05) is 44.2 Å². The standard InChI is InChI=1S/C11H18N2/c1-9(2)13-11(8-12)10-6-4-3-5-7-10/h3-7,9,11,13H,8,12H2,1-2H3. The molecule has 3 N–H and O–H groups in total. The van der Waals surface area contributed by atoms with Gasteiger partial charge in [0.05, 0.1) is 0 Å². The molecule has 0 aliphatic carbocycles. The number of benzene rings is 1. The Bertz CT molecular complexity index is 231. The van der Waals surface area contributed by atoms with E-state index in [1.807, 2.05) is 18.2 Å². The van der Waals surface area contributed by atoms with Gasteiger partial charge < -0.3 is 11.1 Å². The fourth-order valence-electron chi connectivity index (χ4n) is 1.39. The van der Waals surface area contributed by atoms with Crippen LogP contribution < -0.4 is 11.1 Å². The second-order valence-corrected chi connectivity index (χ2v) is 3.52. The van der Waals surface area contributed by atoms with E-state index in [0.29, 0.717) is 12.6 Å². The van der Waals surface area contributed by atoms with Crippen LogP contribution in [0.15, 0.2) is 30.3 Å². The molecule has 0 aliphatic heterocycles. The number of hydrogen-bond donors (Lipinski definition) is 2. The minimum Gasteiger partial charge on any atom is -0.329 e. The summed E-state index contributed by atoms with van der Waals surface area (Å²) in [6.07, 6.45) is 0. The van der Waals surface area contributed by atoms with E-state index in [0.717, 1.165) is 0 Å². The van der Waals surface area contributed by atoms with Crippen molar-refractivity contribution in [1.29, 1.82) is 0 Å². The van der Waals surface area contributed by atoms with Crippen LogP contribution in [0, 0.1) is 0 Å². The van der Waals surface area contributed by atoms with Gasteiger partial charge in [-0.3, -0.25) is 0 Å². The number of nitrogens with two attached hydrogens (primary N) is 1. The van der Waals surface area contributed by atoms with Crippen LogP contribution in [0.1, 0.15) is 25.5 Å². The van der Waals surface area contributed by atoms with Crippen molar-refractivity contribution in [3.05, 3.63) is 35.9 Å². The van der Waals surface area contributed by atoms with Gasteiger partial charge in [-0.05, 0) is 5.56 Å². The maximum atomic E-state index is 5.69. The summed E-state index contributed by atoms with van der Waals surface area (Å²) >= 11 is 0. The topological polar surface area (TPSA) is 38.0 Å². The van der Waals surface area contributed by atoms with Crippen molar-refractivity contribution in [1.82, 2.24) is 5.32 Å². The highest BCUT2D eigenvalue weighted by molar-refractivity contribution is 5.19. The number of hydrogen-bond acceptors (Lipinski definition) is 2. The van der Waals surface area contributed by atoms with E-state index >= 15 is 0 Å². The quantitative estimate of drug-likeness (QED) is 0.736. The lowest BCUT2D eigenvalue weighted by Crippen LogP contribution is -2.33. The van der Waals surface area contributed by atoms with Crippen molar-refractivity contribution in [3.8, 4) is 0 Å². The summed E-state index contributed by atoms with van der Waals surface area (Å²) < 4.78 is 0. The third-order valence-electron chi connectivity index (χ3n) is 1.97. The molecule has 1 aromatic rings. The molecule has 2 heteroatoms. The Labute approximate surface area is 80.1 Å². The third kappa shape index (κ3) is 3.17. The summed E-state index contributed by atoms with van der Waals surface area (Å²) in [4.78, 5) is 0. The zero-order chi connectivity index (χ0) is 9.68. The van der Waals surface area contributed by atoms with Gasteiger partial charge in [0, 0.05) is 18.6 Å². The van der Waals surface area contributed by atoms with Crippen molar-refractivity contribution < 1.29 is 0 Å². The van der Waals surface area contributed by atoms with E-state index in [2.05, 4.69) is 31.3 Å². The molecule has 0 saturated carbocycles. The van der Waals surface area contributed by atoms with Crippen molar-refractivity contribution in [2.24, 2.45) is 5.73 Å². The molecule has 0 bridgehead atoms. The van der Waals surface area contributed by atoms with Crippen LogP contribution in [0.2, 0.25) is 0 Å². The monoisotopic (exact) mass is 178 g/mol. The van der Waals surface area contributed by atoms with Crippen molar-refractivity contribution in [2.75, 3.05) is 6.54 Å². The molecule has 0 spiro atoms. The van der Waals surface area contributed by atoms with Gasteiger partial charge in [-0.15, -0.1) is 0 Å². The first kappa shape index (κ1) is 10.2. The molecule has 1 rings (SSSR count). The van der Waals surface area contributed by atoms with E-state index in [4.69, 9.17) is 5.73 Å². The summed E-state index contributed by atoms with van der Waals surface area (Å²) in [6.45, 7) is 4.90. The second kappa shape index (κ2) is 5.00. The minimum absolute atomic E-state index is 0.279. The lowest BCUT2D eigenvalue weighted by molar-refractivity contribution is 0.484. The van der Waals surface area contributed by atoms with Gasteiger partial charge >= 0.3 is 0 Å². The molecule has 0 radical (unpaired) electrons. The Hall–Kier alpha value is -0.860. The summed E-state index contributed by atoms with van der Waals surface area (Å²) in [5.74, 6) is 0. The highest BCUT2D eigenvalue weighted by atomic mass is 15.0. The van der Waals surface area contributed by atoms with Crippen molar-refractivity contribution >= 4 is 0 Å². The molecule has 1 atom stereocenters. The first-order chi connectivity index (χ1) is 6.24. The van der Waals surface area contributed by atoms with Crippen molar-refractivity contribution in [3.63, 3.8) is 0 Å². The molecule has 0 amide bonds. The molecule has 1 aromatic carbocycles.